The van der Waals surface area contributed by atoms with Crippen LogP contribution in [0.3, 0.4) is 0 Å². The number of rotatable bonds is 11. The van der Waals surface area contributed by atoms with Crippen molar-refractivity contribution in [2.75, 3.05) is 25.6 Å². The molecule has 4 N–H and O–H groups in total. The third kappa shape index (κ3) is 6.98. The Morgan fingerprint density at radius 2 is 1.64 bits per heavy atom. The Balaban J connectivity index is 1.41. The second-order valence-corrected chi connectivity index (χ2v) is 14.0. The van der Waals surface area contributed by atoms with Crippen LogP contribution in [0.15, 0.2) is 36.7 Å². The largest absolute Gasteiger partial charge is 0.490 e. The lowest BCUT2D eigenvalue weighted by Gasteiger charge is -2.23. The van der Waals surface area contributed by atoms with E-state index >= 15 is 0 Å². The molecule has 2 aliphatic heterocycles. The van der Waals surface area contributed by atoms with Gasteiger partial charge in [-0.2, -0.15) is 8.62 Å². The van der Waals surface area contributed by atoms with Gasteiger partial charge in [-0.05, 0) is 12.5 Å². The lowest BCUT2D eigenvalue weighted by Crippen LogP contribution is -2.32. The first-order valence-electron chi connectivity index (χ1n) is 12.3. The maximum Gasteiger partial charge on any atom is 0.490 e. The van der Waals surface area contributed by atoms with Crippen molar-refractivity contribution in [1.82, 2.24) is 19.5 Å². The quantitative estimate of drug-likeness (QED) is 0.216. The molecule has 7 atom stereocenters. The summed E-state index contributed by atoms with van der Waals surface area (Å²) in [5.74, 6) is 1.06. The summed E-state index contributed by atoms with van der Waals surface area (Å²) in [6.07, 6.45) is -2.61. The number of aryl methyl sites for hydroxylation is 1. The number of anilines is 1. The molecular formula is C21H28N5O13P3. The number of imidazole rings is 1. The van der Waals surface area contributed by atoms with Crippen LogP contribution in [0.1, 0.15) is 17.6 Å². The van der Waals surface area contributed by atoms with Gasteiger partial charge in [0, 0.05) is 20.5 Å². The molecule has 0 radical (unpaired) electrons. The number of aromatic nitrogens is 4. The van der Waals surface area contributed by atoms with Crippen LogP contribution in [0.25, 0.3) is 11.2 Å². The number of phosphoric acid groups is 3. The Kier molecular flexibility index (Phi) is 8.75. The van der Waals surface area contributed by atoms with Crippen molar-refractivity contribution in [1.29, 1.82) is 0 Å². The lowest BCUT2D eigenvalue weighted by molar-refractivity contribution is -0.149. The van der Waals surface area contributed by atoms with E-state index in [1.54, 1.807) is 30.5 Å². The Morgan fingerprint density at radius 1 is 0.952 bits per heavy atom. The Morgan fingerprint density at radius 3 is 2.31 bits per heavy atom. The first-order chi connectivity index (χ1) is 19.6. The van der Waals surface area contributed by atoms with Gasteiger partial charge in [0.15, 0.2) is 29.5 Å². The summed E-state index contributed by atoms with van der Waals surface area (Å²) in [4.78, 5) is 52.0. The van der Waals surface area contributed by atoms with Crippen LogP contribution in [0, 0.1) is 6.92 Å². The summed E-state index contributed by atoms with van der Waals surface area (Å²) >= 11 is 0. The average molecular weight is 651 g/mol. The zero-order chi connectivity index (χ0) is 30.4. The second kappa shape index (κ2) is 11.7. The molecule has 0 amide bonds. The van der Waals surface area contributed by atoms with Gasteiger partial charge in [-0.25, -0.2) is 28.6 Å². The van der Waals surface area contributed by atoms with Gasteiger partial charge < -0.3 is 38.7 Å². The van der Waals surface area contributed by atoms with E-state index in [0.717, 1.165) is 5.56 Å². The zero-order valence-corrected chi connectivity index (χ0v) is 25.0. The van der Waals surface area contributed by atoms with Crippen molar-refractivity contribution >= 4 is 40.4 Å². The van der Waals surface area contributed by atoms with E-state index in [-0.39, 0.29) is 0 Å². The summed E-state index contributed by atoms with van der Waals surface area (Å²) in [7, 11) is -13.0. The van der Waals surface area contributed by atoms with Gasteiger partial charge in [-0.3, -0.25) is 9.09 Å². The Labute approximate surface area is 238 Å². The van der Waals surface area contributed by atoms with E-state index in [9.17, 15) is 23.5 Å². The molecule has 18 nitrogen and oxygen atoms in total. The highest BCUT2D eigenvalue weighted by molar-refractivity contribution is 7.66. The monoisotopic (exact) mass is 651 g/mol. The van der Waals surface area contributed by atoms with Crippen molar-refractivity contribution in [2.24, 2.45) is 0 Å². The van der Waals surface area contributed by atoms with Crippen molar-refractivity contribution in [3.05, 3.63) is 48.0 Å². The lowest BCUT2D eigenvalue weighted by atomic mass is 10.1. The molecule has 2 saturated heterocycles. The molecule has 5 rings (SSSR count). The molecule has 2 aliphatic rings. The molecule has 0 aliphatic carbocycles. The topological polar surface area (TPSA) is 234 Å². The molecule has 42 heavy (non-hydrogen) atoms. The summed E-state index contributed by atoms with van der Waals surface area (Å²) in [6, 6.07) is 9.40. The molecule has 3 aromatic rings. The number of ether oxygens (including phenoxy) is 3. The molecule has 7 unspecified atom stereocenters. The van der Waals surface area contributed by atoms with Crippen LogP contribution < -0.4 is 4.90 Å². The normalized spacial score (nSPS) is 27.1. The van der Waals surface area contributed by atoms with Gasteiger partial charge in [0.1, 0.15) is 30.5 Å². The molecule has 21 heteroatoms. The number of hydrogen-bond acceptors (Lipinski definition) is 13. The second-order valence-electron chi connectivity index (χ2n) is 9.57. The Hall–Kier alpha value is -2.14. The summed E-state index contributed by atoms with van der Waals surface area (Å²) in [5.41, 5.74) is 1.85. The summed E-state index contributed by atoms with van der Waals surface area (Å²) < 4.78 is 67.7. The van der Waals surface area contributed by atoms with Gasteiger partial charge in [0.05, 0.1) is 6.61 Å². The highest BCUT2D eigenvalue weighted by Gasteiger charge is 2.55. The van der Waals surface area contributed by atoms with Gasteiger partial charge in [-0.15, -0.1) is 0 Å². The molecule has 1 aromatic carbocycles. The van der Waals surface area contributed by atoms with Crippen LogP contribution >= 0.6 is 23.5 Å². The van der Waals surface area contributed by atoms with Crippen LogP contribution in [-0.2, 0) is 47.5 Å². The average Bonchev–Trinajstić information content (AvgIpc) is 3.51. The molecule has 230 valence electrons. The standard InChI is InChI=1S/C21H28N5O13P3/c1-12-24-16-19(25(2)3)22-11-23-20(16)26(12)21-18-17(36-15(37-18)9-13-7-5-4-6-8-13)14(35-21)10-34-41(30,31)39-42(32,33)38-40(27,28)29/h4-8,11,14-15,17-18,21H,9-10H2,1-3H3,(H,30,31)(H,32,33)(H2,27,28,29). The first-order valence-corrected chi connectivity index (χ1v) is 16.8. The summed E-state index contributed by atoms with van der Waals surface area (Å²) in [5, 5.41) is 0. The minimum Gasteiger partial charge on any atom is -0.361 e. The van der Waals surface area contributed by atoms with Crippen LogP contribution in [-0.4, -0.2) is 84.4 Å². The van der Waals surface area contributed by atoms with Gasteiger partial charge >= 0.3 is 23.5 Å². The minimum absolute atomic E-state index is 0.375. The molecule has 4 heterocycles. The van der Waals surface area contributed by atoms with Crippen molar-refractivity contribution in [3.8, 4) is 0 Å². The number of phosphoric ester groups is 1. The molecule has 2 fully saturated rings. The van der Waals surface area contributed by atoms with E-state index < -0.39 is 60.9 Å². The van der Waals surface area contributed by atoms with E-state index in [2.05, 4.69) is 23.6 Å². The van der Waals surface area contributed by atoms with Crippen molar-refractivity contribution in [3.63, 3.8) is 0 Å². The third-order valence-corrected chi connectivity index (χ3v) is 10.1. The van der Waals surface area contributed by atoms with E-state index in [1.165, 1.54) is 6.33 Å². The van der Waals surface area contributed by atoms with E-state index in [0.29, 0.717) is 29.2 Å². The number of benzene rings is 1. The fraction of sp³-hybridized carbons (Fsp3) is 0.476. The highest BCUT2D eigenvalue weighted by Crippen LogP contribution is 2.66. The zero-order valence-electron chi connectivity index (χ0n) is 22.3. The fourth-order valence-corrected chi connectivity index (χ4v) is 7.78. The van der Waals surface area contributed by atoms with Gasteiger partial charge in [-0.1, -0.05) is 30.3 Å². The molecule has 0 spiro atoms. The number of nitrogens with zero attached hydrogens (tertiary/aromatic N) is 5. The first kappa shape index (κ1) is 31.3. The third-order valence-electron chi connectivity index (χ3n) is 6.28. The maximum atomic E-state index is 12.4. The van der Waals surface area contributed by atoms with Crippen molar-refractivity contribution < 1.29 is 60.6 Å². The van der Waals surface area contributed by atoms with E-state index in [4.69, 9.17) is 28.5 Å². The summed E-state index contributed by atoms with van der Waals surface area (Å²) in [6.45, 7) is 1.02. The fourth-order valence-electron chi connectivity index (χ4n) is 4.75. The molecule has 0 bridgehead atoms. The van der Waals surface area contributed by atoms with Crippen LogP contribution in [0.5, 0.6) is 0 Å². The SMILES string of the molecule is Cc1nc2c(N(C)C)ncnc2n1C1OC(COP(=O)(O)OP(=O)(O)OP(=O)(O)O)C2OC(Cc3ccccc3)OC21. The predicted molar refractivity (Wildman–Crippen MR) is 142 cm³/mol. The van der Waals surface area contributed by atoms with Gasteiger partial charge in [0.2, 0.25) is 0 Å². The van der Waals surface area contributed by atoms with E-state index in [1.807, 2.05) is 30.3 Å². The number of hydrogen-bond donors (Lipinski definition) is 4. The predicted octanol–water partition coefficient (Wildman–Crippen LogP) is 1.79. The molecule has 2 aromatic heterocycles. The Bertz CT molecular complexity index is 1580. The van der Waals surface area contributed by atoms with Crippen LogP contribution in [0.2, 0.25) is 0 Å². The minimum atomic E-state index is -5.69. The van der Waals surface area contributed by atoms with Crippen molar-refractivity contribution in [2.45, 2.75) is 44.2 Å². The molecular weight excluding hydrogens is 623 g/mol. The molecule has 0 saturated carbocycles. The maximum absolute atomic E-state index is 12.4. The van der Waals surface area contributed by atoms with Crippen LogP contribution in [0.4, 0.5) is 5.82 Å². The smallest absolute Gasteiger partial charge is 0.361 e. The van der Waals surface area contributed by atoms with Gasteiger partial charge in [0.25, 0.3) is 0 Å². The number of fused-ring (bicyclic) bond motifs is 2. The highest BCUT2D eigenvalue weighted by atomic mass is 31.3.